The Morgan fingerprint density at radius 1 is 1.29 bits per heavy atom. The summed E-state index contributed by atoms with van der Waals surface area (Å²) in [6.45, 7) is 3.19. The van der Waals surface area contributed by atoms with E-state index in [2.05, 4.69) is 37.1 Å². The first-order valence-corrected chi connectivity index (χ1v) is 10.5. The normalized spacial score (nSPS) is 45.6. The summed E-state index contributed by atoms with van der Waals surface area (Å²) in [6, 6.07) is 4.34. The van der Waals surface area contributed by atoms with E-state index in [0.717, 1.165) is 25.8 Å². The first-order valence-electron chi connectivity index (χ1n) is 10.5. The van der Waals surface area contributed by atoms with Crippen LogP contribution in [0.1, 0.15) is 30.9 Å². The van der Waals surface area contributed by atoms with Crippen LogP contribution in [0.15, 0.2) is 24.3 Å². The molecule has 6 aliphatic rings. The fourth-order valence-corrected chi connectivity index (χ4v) is 7.81. The number of likely N-dealkylation sites (tertiary alicyclic amines) is 1. The van der Waals surface area contributed by atoms with Gasteiger partial charge in [0, 0.05) is 37.2 Å². The SMILES string of the molecule is CO[C@@H](C)[C@H]1C[C@@]23C=C[C@]1(OC)[C@@H]1Oc4c(O)ccc5c4[C@@]12CCN(C)[C@@H]3C5. The molecular formula is C23H29NO4. The molecule has 1 aromatic carbocycles. The summed E-state index contributed by atoms with van der Waals surface area (Å²) < 4.78 is 18.9. The largest absolute Gasteiger partial charge is 0.504 e. The van der Waals surface area contributed by atoms with Crippen molar-refractivity contribution >= 4 is 0 Å². The number of ether oxygens (including phenoxy) is 3. The van der Waals surface area contributed by atoms with Crippen molar-refractivity contribution in [2.75, 3.05) is 27.8 Å². The lowest BCUT2D eigenvalue weighted by atomic mass is 9.37. The van der Waals surface area contributed by atoms with Crippen LogP contribution in [0.2, 0.25) is 0 Å². The fourth-order valence-electron chi connectivity index (χ4n) is 7.81. The second kappa shape index (κ2) is 5.13. The van der Waals surface area contributed by atoms with Crippen LogP contribution in [-0.2, 0) is 21.3 Å². The molecule has 0 unspecified atom stereocenters. The molecule has 2 fully saturated rings. The minimum Gasteiger partial charge on any atom is -0.504 e. The van der Waals surface area contributed by atoms with Gasteiger partial charge >= 0.3 is 0 Å². The lowest BCUT2D eigenvalue weighted by molar-refractivity contribution is -0.231. The Labute approximate surface area is 166 Å². The van der Waals surface area contributed by atoms with Crippen LogP contribution in [0.5, 0.6) is 11.5 Å². The average molecular weight is 383 g/mol. The molecule has 0 aromatic heterocycles. The fraction of sp³-hybridized carbons (Fsp3) is 0.652. The summed E-state index contributed by atoms with van der Waals surface area (Å²) >= 11 is 0. The first-order chi connectivity index (χ1) is 13.4. The van der Waals surface area contributed by atoms with Crippen LogP contribution < -0.4 is 4.74 Å². The Kier molecular flexibility index (Phi) is 3.17. The van der Waals surface area contributed by atoms with Gasteiger partial charge < -0.3 is 24.2 Å². The lowest BCUT2D eigenvalue weighted by Gasteiger charge is -2.71. The van der Waals surface area contributed by atoms with Gasteiger partial charge in [-0.25, -0.2) is 0 Å². The number of piperidine rings is 1. The Balaban J connectivity index is 1.69. The maximum atomic E-state index is 10.7. The van der Waals surface area contributed by atoms with Crippen LogP contribution >= 0.6 is 0 Å². The van der Waals surface area contributed by atoms with Gasteiger partial charge in [-0.2, -0.15) is 0 Å². The summed E-state index contributed by atoms with van der Waals surface area (Å²) in [5.74, 6) is 1.17. The maximum Gasteiger partial charge on any atom is 0.165 e. The Bertz CT molecular complexity index is 899. The number of likely N-dealkylation sites (N-methyl/N-ethyl adjacent to an activating group) is 1. The molecule has 5 nitrogen and oxygen atoms in total. The van der Waals surface area contributed by atoms with E-state index >= 15 is 0 Å². The van der Waals surface area contributed by atoms with Crippen LogP contribution in [0, 0.1) is 11.3 Å². The molecule has 2 aliphatic heterocycles. The summed E-state index contributed by atoms with van der Waals surface area (Å²) in [7, 11) is 5.85. The number of benzene rings is 1. The van der Waals surface area contributed by atoms with Crippen molar-refractivity contribution in [3.63, 3.8) is 0 Å². The van der Waals surface area contributed by atoms with Crippen molar-refractivity contribution in [1.29, 1.82) is 0 Å². The number of fused-ring (bicyclic) bond motifs is 1. The van der Waals surface area contributed by atoms with Crippen LogP contribution in [0.25, 0.3) is 0 Å². The second-order valence-electron chi connectivity index (χ2n) is 9.55. The monoisotopic (exact) mass is 383 g/mol. The maximum absolute atomic E-state index is 10.7. The summed E-state index contributed by atoms with van der Waals surface area (Å²) in [4.78, 5) is 2.54. The zero-order valence-corrected chi connectivity index (χ0v) is 17.1. The zero-order chi connectivity index (χ0) is 19.5. The topological polar surface area (TPSA) is 51.2 Å². The van der Waals surface area contributed by atoms with Gasteiger partial charge in [-0.1, -0.05) is 18.2 Å². The quantitative estimate of drug-likeness (QED) is 0.814. The van der Waals surface area contributed by atoms with E-state index in [0.29, 0.717) is 11.8 Å². The first kappa shape index (κ1) is 17.3. The van der Waals surface area contributed by atoms with E-state index in [1.54, 1.807) is 20.3 Å². The number of hydrogen-bond acceptors (Lipinski definition) is 5. The minimum atomic E-state index is -0.544. The number of phenols is 1. The molecular weight excluding hydrogens is 354 g/mol. The Morgan fingerprint density at radius 3 is 2.86 bits per heavy atom. The third-order valence-corrected chi connectivity index (χ3v) is 9.06. The summed E-state index contributed by atoms with van der Waals surface area (Å²) in [5.41, 5.74) is 1.89. The molecule has 0 amide bonds. The van der Waals surface area contributed by atoms with Crippen molar-refractivity contribution in [2.24, 2.45) is 11.3 Å². The van der Waals surface area contributed by atoms with Crippen molar-refractivity contribution in [3.05, 3.63) is 35.4 Å². The highest BCUT2D eigenvalue weighted by Gasteiger charge is 2.79. The number of nitrogens with zero attached hydrogens (tertiary/aromatic N) is 1. The van der Waals surface area contributed by atoms with Gasteiger partial charge in [0.1, 0.15) is 11.7 Å². The van der Waals surface area contributed by atoms with Crippen LogP contribution in [0.4, 0.5) is 0 Å². The number of phenolic OH excluding ortho intramolecular Hbond substituents is 1. The van der Waals surface area contributed by atoms with E-state index < -0.39 is 5.60 Å². The standard InChI is InChI=1S/C23H29NO4/c1-13(26-3)15-12-21-7-8-23(15,27-4)20-22(21)9-10-24(2)17(21)11-14-5-6-16(25)19(28-20)18(14)22/h5-8,13,15,17,20,25H,9-12H2,1-4H3/t13-,15+,17+,20+,21+,22-,23+/m0/s1. The minimum absolute atomic E-state index is 0.0194. The molecule has 5 heteroatoms. The number of hydrogen-bond donors (Lipinski definition) is 1. The molecule has 28 heavy (non-hydrogen) atoms. The highest BCUT2D eigenvalue weighted by Crippen LogP contribution is 2.74. The predicted molar refractivity (Wildman–Crippen MR) is 105 cm³/mol. The predicted octanol–water partition coefficient (Wildman–Crippen LogP) is 2.65. The van der Waals surface area contributed by atoms with E-state index in [1.165, 1.54) is 11.1 Å². The summed E-state index contributed by atoms with van der Waals surface area (Å²) in [6.07, 6.45) is 7.71. The second-order valence-corrected chi connectivity index (χ2v) is 9.55. The molecule has 1 saturated heterocycles. The van der Waals surface area contributed by atoms with E-state index in [1.807, 2.05) is 0 Å². The van der Waals surface area contributed by atoms with Crippen molar-refractivity contribution in [1.82, 2.24) is 4.90 Å². The molecule has 1 saturated carbocycles. The molecule has 7 atom stereocenters. The van der Waals surface area contributed by atoms with Gasteiger partial charge in [-0.3, -0.25) is 0 Å². The molecule has 0 radical (unpaired) electrons. The highest BCUT2D eigenvalue weighted by molar-refractivity contribution is 5.65. The molecule has 4 aliphatic carbocycles. The number of methoxy groups -OCH3 is 2. The Hall–Kier alpha value is -1.56. The van der Waals surface area contributed by atoms with Crippen molar-refractivity contribution < 1.29 is 19.3 Å². The molecule has 1 N–H and O–H groups in total. The van der Waals surface area contributed by atoms with Gasteiger partial charge in [0.2, 0.25) is 0 Å². The number of aromatic hydroxyl groups is 1. The molecule has 150 valence electrons. The van der Waals surface area contributed by atoms with E-state index in [9.17, 15) is 5.11 Å². The third-order valence-electron chi connectivity index (χ3n) is 9.06. The smallest absolute Gasteiger partial charge is 0.165 e. The highest BCUT2D eigenvalue weighted by atomic mass is 16.6. The Morgan fingerprint density at radius 2 is 2.11 bits per heavy atom. The van der Waals surface area contributed by atoms with Crippen molar-refractivity contribution in [2.45, 2.75) is 55.5 Å². The van der Waals surface area contributed by atoms with Gasteiger partial charge in [-0.15, -0.1) is 0 Å². The van der Waals surface area contributed by atoms with Gasteiger partial charge in [-0.05, 0) is 51.4 Å². The molecule has 7 rings (SSSR count). The molecule has 4 bridgehead atoms. The summed E-state index contributed by atoms with van der Waals surface area (Å²) in [5, 5.41) is 10.7. The average Bonchev–Trinajstić information content (AvgIpc) is 3.09. The molecule has 2 heterocycles. The number of rotatable bonds is 3. The zero-order valence-electron chi connectivity index (χ0n) is 17.1. The lowest BCUT2D eigenvalue weighted by Crippen LogP contribution is -2.79. The molecule has 1 aromatic rings. The van der Waals surface area contributed by atoms with E-state index in [4.69, 9.17) is 14.2 Å². The third kappa shape index (κ3) is 1.54. The van der Waals surface area contributed by atoms with Crippen LogP contribution in [0.3, 0.4) is 0 Å². The van der Waals surface area contributed by atoms with Crippen molar-refractivity contribution in [3.8, 4) is 11.5 Å². The molecule has 2 spiro atoms. The van der Waals surface area contributed by atoms with Gasteiger partial charge in [0.25, 0.3) is 0 Å². The van der Waals surface area contributed by atoms with Gasteiger partial charge in [0.15, 0.2) is 11.5 Å². The van der Waals surface area contributed by atoms with Crippen LogP contribution in [-0.4, -0.2) is 61.7 Å². The van der Waals surface area contributed by atoms with Gasteiger partial charge in [0.05, 0.1) is 11.5 Å². The van der Waals surface area contributed by atoms with E-state index in [-0.39, 0.29) is 34.7 Å².